The van der Waals surface area contributed by atoms with E-state index < -0.39 is 0 Å². The minimum Gasteiger partial charge on any atom is -0.313 e. The lowest BCUT2D eigenvalue weighted by atomic mass is 10.0. The van der Waals surface area contributed by atoms with Crippen molar-refractivity contribution in [1.82, 2.24) is 5.32 Å². The quantitative estimate of drug-likeness (QED) is 0.656. The second-order valence-corrected chi connectivity index (χ2v) is 6.28. The molecule has 0 atom stereocenters. The van der Waals surface area contributed by atoms with Gasteiger partial charge in [-0.2, -0.15) is 11.8 Å². The Morgan fingerprint density at radius 3 is 2.24 bits per heavy atom. The first-order valence-corrected chi connectivity index (χ1v) is 9.13. The first-order valence-electron chi connectivity index (χ1n) is 7.74. The Hall–Kier alpha value is -1.25. The second kappa shape index (κ2) is 9.64. The monoisotopic (exact) mass is 299 g/mol. The summed E-state index contributed by atoms with van der Waals surface area (Å²) in [7, 11) is 0. The van der Waals surface area contributed by atoms with Crippen LogP contribution in [0.15, 0.2) is 54.6 Å². The van der Waals surface area contributed by atoms with Crippen molar-refractivity contribution in [1.29, 1.82) is 0 Å². The summed E-state index contributed by atoms with van der Waals surface area (Å²) in [6, 6.07) is 19.4. The zero-order valence-corrected chi connectivity index (χ0v) is 13.7. The average molecular weight is 299 g/mol. The predicted octanol–water partition coefficient (Wildman–Crippen LogP) is 4.98. The van der Waals surface area contributed by atoms with E-state index >= 15 is 0 Å². The second-order valence-electron chi connectivity index (χ2n) is 5.29. The molecule has 2 heteroatoms. The van der Waals surface area contributed by atoms with Crippen LogP contribution in [-0.2, 0) is 6.54 Å². The minimum atomic E-state index is 0.970. The highest BCUT2D eigenvalue weighted by atomic mass is 32.2. The van der Waals surface area contributed by atoms with Crippen LogP contribution >= 0.6 is 11.8 Å². The third-order valence-corrected chi connectivity index (χ3v) is 4.29. The molecule has 0 aromatic heterocycles. The van der Waals surface area contributed by atoms with Crippen LogP contribution in [0.1, 0.15) is 24.8 Å². The molecule has 0 amide bonds. The number of nitrogens with one attached hydrogen (secondary N) is 1. The zero-order valence-electron chi connectivity index (χ0n) is 12.8. The van der Waals surface area contributed by atoms with E-state index in [2.05, 4.69) is 66.2 Å². The molecule has 0 fully saturated rings. The lowest BCUT2D eigenvalue weighted by molar-refractivity contribution is 0.619. The van der Waals surface area contributed by atoms with Gasteiger partial charge in [0.05, 0.1) is 0 Å². The molecule has 2 aromatic carbocycles. The first-order chi connectivity index (χ1) is 10.4. The third-order valence-electron chi connectivity index (χ3n) is 3.59. The van der Waals surface area contributed by atoms with E-state index in [0.29, 0.717) is 0 Å². The van der Waals surface area contributed by atoms with Crippen LogP contribution in [0, 0.1) is 0 Å². The van der Waals surface area contributed by atoms with E-state index in [-0.39, 0.29) is 0 Å². The van der Waals surface area contributed by atoms with Gasteiger partial charge in [-0.05, 0) is 48.1 Å². The summed E-state index contributed by atoms with van der Waals surface area (Å²) < 4.78 is 0. The highest BCUT2D eigenvalue weighted by Crippen LogP contribution is 2.19. The number of hydrogen-bond donors (Lipinski definition) is 1. The Morgan fingerprint density at radius 1 is 0.810 bits per heavy atom. The molecule has 0 saturated heterocycles. The molecule has 0 aliphatic heterocycles. The lowest BCUT2D eigenvalue weighted by Gasteiger charge is -2.06. The molecule has 1 nitrogen and oxygen atoms in total. The minimum absolute atomic E-state index is 0.970. The van der Waals surface area contributed by atoms with E-state index in [1.54, 1.807) is 0 Å². The van der Waals surface area contributed by atoms with Gasteiger partial charge in [-0.1, -0.05) is 61.0 Å². The van der Waals surface area contributed by atoms with Gasteiger partial charge in [0.15, 0.2) is 0 Å². The van der Waals surface area contributed by atoms with Gasteiger partial charge < -0.3 is 5.32 Å². The Morgan fingerprint density at radius 2 is 1.52 bits per heavy atom. The molecule has 0 aliphatic rings. The van der Waals surface area contributed by atoms with Crippen LogP contribution in [0.5, 0.6) is 0 Å². The molecule has 0 bridgehead atoms. The van der Waals surface area contributed by atoms with Crippen LogP contribution in [0.3, 0.4) is 0 Å². The Bertz CT molecular complexity index is 493. The van der Waals surface area contributed by atoms with Crippen molar-refractivity contribution in [3.05, 3.63) is 60.2 Å². The fraction of sp³-hybridized carbons (Fsp3) is 0.368. The Balaban J connectivity index is 1.71. The summed E-state index contributed by atoms with van der Waals surface area (Å²) in [6.07, 6.45) is 6.13. The highest BCUT2D eigenvalue weighted by Gasteiger charge is 1.97. The van der Waals surface area contributed by atoms with Crippen LogP contribution < -0.4 is 5.32 Å². The SMILES string of the molecule is CSCCCCCNCc1ccc(-c2ccccc2)cc1. The van der Waals surface area contributed by atoms with E-state index in [9.17, 15) is 0 Å². The van der Waals surface area contributed by atoms with Crippen LogP contribution in [0.4, 0.5) is 0 Å². The first kappa shape index (κ1) is 16.1. The number of benzene rings is 2. The Labute approximate surface area is 133 Å². The van der Waals surface area contributed by atoms with Gasteiger partial charge in [0.25, 0.3) is 0 Å². The lowest BCUT2D eigenvalue weighted by Crippen LogP contribution is -2.14. The molecule has 112 valence electrons. The highest BCUT2D eigenvalue weighted by molar-refractivity contribution is 7.98. The molecular formula is C19H25NS. The number of hydrogen-bond acceptors (Lipinski definition) is 2. The maximum atomic E-state index is 3.53. The topological polar surface area (TPSA) is 12.0 Å². The fourth-order valence-electron chi connectivity index (χ4n) is 2.35. The Kier molecular flexibility index (Phi) is 7.41. The molecule has 0 aliphatic carbocycles. The maximum absolute atomic E-state index is 3.53. The van der Waals surface area contributed by atoms with Crippen molar-refractivity contribution < 1.29 is 0 Å². The third kappa shape index (κ3) is 5.94. The summed E-state index contributed by atoms with van der Waals surface area (Å²) in [6.45, 7) is 2.09. The number of unbranched alkanes of at least 4 members (excludes halogenated alkanes) is 2. The molecule has 0 heterocycles. The van der Waals surface area contributed by atoms with Crippen molar-refractivity contribution in [2.45, 2.75) is 25.8 Å². The van der Waals surface area contributed by atoms with Crippen LogP contribution in [0.2, 0.25) is 0 Å². The molecule has 0 spiro atoms. The van der Waals surface area contributed by atoms with Gasteiger partial charge in [-0.3, -0.25) is 0 Å². The summed E-state index contributed by atoms with van der Waals surface area (Å²) in [5.74, 6) is 1.29. The van der Waals surface area contributed by atoms with Gasteiger partial charge >= 0.3 is 0 Å². The predicted molar refractivity (Wildman–Crippen MR) is 95.8 cm³/mol. The van der Waals surface area contributed by atoms with E-state index in [0.717, 1.165) is 13.1 Å². The zero-order chi connectivity index (χ0) is 14.8. The van der Waals surface area contributed by atoms with Crippen molar-refractivity contribution >= 4 is 11.8 Å². The smallest absolute Gasteiger partial charge is 0.0205 e. The summed E-state index contributed by atoms with van der Waals surface area (Å²) >= 11 is 1.94. The molecule has 2 aromatic rings. The summed E-state index contributed by atoms with van der Waals surface area (Å²) in [5.41, 5.74) is 3.93. The molecule has 2 rings (SSSR count). The van der Waals surface area contributed by atoms with Crippen LogP contribution in [-0.4, -0.2) is 18.6 Å². The summed E-state index contributed by atoms with van der Waals surface area (Å²) in [5, 5.41) is 3.53. The average Bonchev–Trinajstić information content (AvgIpc) is 2.55. The van der Waals surface area contributed by atoms with Crippen LogP contribution in [0.25, 0.3) is 11.1 Å². The summed E-state index contributed by atoms with van der Waals surface area (Å²) in [4.78, 5) is 0. The molecule has 0 saturated carbocycles. The van der Waals surface area contributed by atoms with Gasteiger partial charge in [0.2, 0.25) is 0 Å². The van der Waals surface area contributed by atoms with E-state index in [1.807, 2.05) is 11.8 Å². The molecule has 1 N–H and O–H groups in total. The van der Waals surface area contributed by atoms with Gasteiger partial charge in [-0.25, -0.2) is 0 Å². The molecule has 0 radical (unpaired) electrons. The molecule has 21 heavy (non-hydrogen) atoms. The molecular weight excluding hydrogens is 274 g/mol. The number of thioether (sulfide) groups is 1. The van der Waals surface area contributed by atoms with Crippen molar-refractivity contribution in [2.24, 2.45) is 0 Å². The normalized spacial score (nSPS) is 10.7. The fourth-order valence-corrected chi connectivity index (χ4v) is 2.84. The largest absolute Gasteiger partial charge is 0.313 e. The maximum Gasteiger partial charge on any atom is 0.0205 e. The van der Waals surface area contributed by atoms with E-state index in [4.69, 9.17) is 0 Å². The van der Waals surface area contributed by atoms with Crippen molar-refractivity contribution in [3.63, 3.8) is 0 Å². The van der Waals surface area contributed by atoms with Gasteiger partial charge in [0, 0.05) is 6.54 Å². The standard InChI is InChI=1S/C19H25NS/c1-21-15-7-3-6-14-20-16-17-10-12-19(13-11-17)18-8-4-2-5-9-18/h2,4-5,8-13,20H,3,6-7,14-16H2,1H3. The van der Waals surface area contributed by atoms with E-state index in [1.165, 1.54) is 41.7 Å². The number of rotatable bonds is 9. The van der Waals surface area contributed by atoms with Crippen molar-refractivity contribution in [2.75, 3.05) is 18.6 Å². The van der Waals surface area contributed by atoms with Crippen molar-refractivity contribution in [3.8, 4) is 11.1 Å². The van der Waals surface area contributed by atoms with Gasteiger partial charge in [-0.15, -0.1) is 0 Å². The molecule has 0 unspecified atom stereocenters. The van der Waals surface area contributed by atoms with Gasteiger partial charge in [0.1, 0.15) is 0 Å².